The summed E-state index contributed by atoms with van der Waals surface area (Å²) in [6.07, 6.45) is 1.25. The maximum Gasteiger partial charge on any atom is 0.232 e. The number of nitrogens with zero attached hydrogens (tertiary/aromatic N) is 3. The van der Waals surface area contributed by atoms with Crippen LogP contribution in [0.2, 0.25) is 0 Å². The van der Waals surface area contributed by atoms with Crippen molar-refractivity contribution in [2.75, 3.05) is 11.9 Å². The quantitative estimate of drug-likeness (QED) is 0.661. The van der Waals surface area contributed by atoms with Crippen LogP contribution in [0.25, 0.3) is 0 Å². The van der Waals surface area contributed by atoms with Gasteiger partial charge in [0.2, 0.25) is 5.91 Å². The lowest BCUT2D eigenvalue weighted by atomic mass is 10.2. The SMILES string of the molecule is CCc1nc(C)c2c(n1)N(C)C(=O)C2. The second-order valence-corrected chi connectivity index (χ2v) is 3.51. The van der Waals surface area contributed by atoms with Crippen molar-refractivity contribution < 1.29 is 4.79 Å². The van der Waals surface area contributed by atoms with Crippen LogP contribution >= 0.6 is 0 Å². The molecule has 1 aliphatic heterocycles. The highest BCUT2D eigenvalue weighted by atomic mass is 16.2. The van der Waals surface area contributed by atoms with Crippen molar-refractivity contribution in [3.05, 3.63) is 17.1 Å². The van der Waals surface area contributed by atoms with Crippen molar-refractivity contribution in [3.8, 4) is 0 Å². The summed E-state index contributed by atoms with van der Waals surface area (Å²) in [6.45, 7) is 3.95. The highest BCUT2D eigenvalue weighted by molar-refractivity contribution is 5.99. The van der Waals surface area contributed by atoms with Crippen molar-refractivity contribution in [2.24, 2.45) is 0 Å². The fraction of sp³-hybridized carbons (Fsp3) is 0.500. The Balaban J connectivity index is 2.57. The lowest BCUT2D eigenvalue weighted by Crippen LogP contribution is -2.21. The van der Waals surface area contributed by atoms with E-state index >= 15 is 0 Å². The van der Waals surface area contributed by atoms with Crippen LogP contribution in [0.1, 0.15) is 24.0 Å². The van der Waals surface area contributed by atoms with Crippen LogP contribution in [0.3, 0.4) is 0 Å². The number of aromatic nitrogens is 2. The van der Waals surface area contributed by atoms with Crippen LogP contribution in [0, 0.1) is 6.92 Å². The standard InChI is InChI=1S/C10H13N3O/c1-4-8-11-6(2)7-5-9(14)13(3)10(7)12-8/h4-5H2,1-3H3. The second kappa shape index (κ2) is 3.04. The zero-order valence-electron chi connectivity index (χ0n) is 8.66. The molecule has 0 radical (unpaired) electrons. The second-order valence-electron chi connectivity index (χ2n) is 3.51. The molecule has 0 aliphatic carbocycles. The van der Waals surface area contributed by atoms with Crippen LogP contribution in [-0.4, -0.2) is 22.9 Å². The van der Waals surface area contributed by atoms with Gasteiger partial charge in [0.05, 0.1) is 6.42 Å². The highest BCUT2D eigenvalue weighted by Gasteiger charge is 2.27. The first kappa shape index (κ1) is 9.12. The largest absolute Gasteiger partial charge is 0.299 e. The van der Waals surface area contributed by atoms with Crippen molar-refractivity contribution in [2.45, 2.75) is 26.7 Å². The topological polar surface area (TPSA) is 46.1 Å². The molecule has 1 aromatic rings. The van der Waals surface area contributed by atoms with E-state index in [0.29, 0.717) is 6.42 Å². The van der Waals surface area contributed by atoms with Crippen LogP contribution in [0.5, 0.6) is 0 Å². The minimum atomic E-state index is 0.102. The molecule has 1 aliphatic rings. The zero-order valence-corrected chi connectivity index (χ0v) is 8.66. The predicted octanol–water partition coefficient (Wildman–Crippen LogP) is 0.866. The lowest BCUT2D eigenvalue weighted by molar-refractivity contribution is -0.117. The normalized spacial score (nSPS) is 14.8. The molecule has 0 bridgehead atoms. The number of aryl methyl sites for hydroxylation is 2. The molecule has 1 amide bonds. The Morgan fingerprint density at radius 1 is 1.43 bits per heavy atom. The zero-order chi connectivity index (χ0) is 10.3. The Kier molecular flexibility index (Phi) is 1.98. The van der Waals surface area contributed by atoms with E-state index in [1.807, 2.05) is 13.8 Å². The number of fused-ring (bicyclic) bond motifs is 1. The summed E-state index contributed by atoms with van der Waals surface area (Å²) >= 11 is 0. The van der Waals surface area contributed by atoms with Crippen LogP contribution in [0.4, 0.5) is 5.82 Å². The molecule has 0 aromatic carbocycles. The number of hydrogen-bond donors (Lipinski definition) is 0. The molecule has 0 unspecified atom stereocenters. The molecule has 0 N–H and O–H groups in total. The summed E-state index contributed by atoms with van der Waals surface area (Å²) in [4.78, 5) is 21.8. The van der Waals surface area contributed by atoms with E-state index in [9.17, 15) is 4.79 Å². The van der Waals surface area contributed by atoms with Crippen molar-refractivity contribution in [3.63, 3.8) is 0 Å². The Bertz CT molecular complexity index is 401. The number of carbonyl (C=O) groups excluding carboxylic acids is 1. The predicted molar refractivity (Wildman–Crippen MR) is 53.3 cm³/mol. The third kappa shape index (κ3) is 1.18. The molecular formula is C10H13N3O. The molecule has 4 heteroatoms. The van der Waals surface area contributed by atoms with Crippen LogP contribution < -0.4 is 4.90 Å². The third-order valence-electron chi connectivity index (χ3n) is 2.57. The van der Waals surface area contributed by atoms with E-state index in [1.54, 1.807) is 11.9 Å². The van der Waals surface area contributed by atoms with Gasteiger partial charge in [-0.2, -0.15) is 0 Å². The summed E-state index contributed by atoms with van der Waals surface area (Å²) < 4.78 is 0. The van der Waals surface area contributed by atoms with Gasteiger partial charge in [0.1, 0.15) is 11.6 Å². The molecule has 4 nitrogen and oxygen atoms in total. The summed E-state index contributed by atoms with van der Waals surface area (Å²) in [7, 11) is 1.76. The van der Waals surface area contributed by atoms with E-state index in [-0.39, 0.29) is 5.91 Å². The van der Waals surface area contributed by atoms with Gasteiger partial charge in [-0.25, -0.2) is 9.97 Å². The number of anilines is 1. The van der Waals surface area contributed by atoms with Crippen molar-refractivity contribution in [1.82, 2.24) is 9.97 Å². The monoisotopic (exact) mass is 191 g/mol. The van der Waals surface area contributed by atoms with Gasteiger partial charge in [0, 0.05) is 24.7 Å². The first-order chi connectivity index (χ1) is 6.63. The average molecular weight is 191 g/mol. The van der Waals surface area contributed by atoms with Crippen molar-refractivity contribution >= 4 is 11.7 Å². The summed E-state index contributed by atoms with van der Waals surface area (Å²) in [5, 5.41) is 0. The molecule has 0 saturated heterocycles. The van der Waals surface area contributed by atoms with Gasteiger partial charge >= 0.3 is 0 Å². The minimum absolute atomic E-state index is 0.102. The van der Waals surface area contributed by atoms with E-state index in [1.165, 1.54) is 0 Å². The maximum absolute atomic E-state index is 11.4. The Labute approximate surface area is 83.0 Å². The molecule has 0 fully saturated rings. The van der Waals surface area contributed by atoms with Crippen LogP contribution in [-0.2, 0) is 17.6 Å². The molecule has 1 aromatic heterocycles. The van der Waals surface area contributed by atoms with E-state index in [0.717, 1.165) is 29.3 Å². The third-order valence-corrected chi connectivity index (χ3v) is 2.57. The number of hydrogen-bond acceptors (Lipinski definition) is 3. The molecule has 2 heterocycles. The minimum Gasteiger partial charge on any atom is -0.299 e. The Morgan fingerprint density at radius 2 is 2.14 bits per heavy atom. The summed E-state index contributed by atoms with van der Waals surface area (Å²) in [5.74, 6) is 1.70. The van der Waals surface area contributed by atoms with E-state index in [4.69, 9.17) is 0 Å². The van der Waals surface area contributed by atoms with E-state index < -0.39 is 0 Å². The van der Waals surface area contributed by atoms with Crippen molar-refractivity contribution in [1.29, 1.82) is 0 Å². The van der Waals surface area contributed by atoms with Gasteiger partial charge in [0.15, 0.2) is 0 Å². The molecule has 74 valence electrons. The maximum atomic E-state index is 11.4. The highest BCUT2D eigenvalue weighted by Crippen LogP contribution is 2.27. The molecule has 2 rings (SSSR count). The smallest absolute Gasteiger partial charge is 0.232 e. The van der Waals surface area contributed by atoms with Gasteiger partial charge in [-0.15, -0.1) is 0 Å². The molecular weight excluding hydrogens is 178 g/mol. The number of likely N-dealkylation sites (N-methyl/N-ethyl adjacent to an activating group) is 1. The van der Waals surface area contributed by atoms with Gasteiger partial charge in [-0.05, 0) is 6.92 Å². The molecule has 0 saturated carbocycles. The molecule has 0 spiro atoms. The summed E-state index contributed by atoms with van der Waals surface area (Å²) in [5.41, 5.74) is 1.92. The molecule has 0 atom stereocenters. The van der Waals surface area contributed by atoms with Gasteiger partial charge < -0.3 is 0 Å². The fourth-order valence-electron chi connectivity index (χ4n) is 1.67. The first-order valence-electron chi connectivity index (χ1n) is 4.76. The van der Waals surface area contributed by atoms with E-state index in [2.05, 4.69) is 9.97 Å². The lowest BCUT2D eigenvalue weighted by Gasteiger charge is -2.10. The number of amides is 1. The average Bonchev–Trinajstić information content (AvgIpc) is 2.45. The van der Waals surface area contributed by atoms with Gasteiger partial charge in [-0.3, -0.25) is 9.69 Å². The number of rotatable bonds is 1. The number of carbonyl (C=O) groups is 1. The van der Waals surface area contributed by atoms with Gasteiger partial charge in [0.25, 0.3) is 0 Å². The fourth-order valence-corrected chi connectivity index (χ4v) is 1.67. The first-order valence-corrected chi connectivity index (χ1v) is 4.76. The molecule has 14 heavy (non-hydrogen) atoms. The Hall–Kier alpha value is -1.45. The Morgan fingerprint density at radius 3 is 2.79 bits per heavy atom. The summed E-state index contributed by atoms with van der Waals surface area (Å²) in [6, 6.07) is 0. The van der Waals surface area contributed by atoms with Crippen LogP contribution in [0.15, 0.2) is 0 Å². The van der Waals surface area contributed by atoms with Gasteiger partial charge in [-0.1, -0.05) is 6.92 Å².